The molecule has 9 heteroatoms. The van der Waals surface area contributed by atoms with Crippen LogP contribution in [0.3, 0.4) is 0 Å². The molecule has 3 aromatic rings. The van der Waals surface area contributed by atoms with Gasteiger partial charge in [0.15, 0.2) is 0 Å². The first-order chi connectivity index (χ1) is 15.4. The average molecular weight is 455 g/mol. The van der Waals surface area contributed by atoms with Crippen LogP contribution in [0.5, 0.6) is 5.75 Å². The van der Waals surface area contributed by atoms with E-state index in [4.69, 9.17) is 9.47 Å². The smallest absolute Gasteiger partial charge is 0.346 e. The number of anilines is 1. The number of amides is 2. The quantitative estimate of drug-likeness (QED) is 0.541. The summed E-state index contributed by atoms with van der Waals surface area (Å²) >= 11 is 0.867. The number of ether oxygens (including phenoxy) is 2. The minimum absolute atomic E-state index is 0.0821. The van der Waals surface area contributed by atoms with E-state index in [1.807, 2.05) is 24.3 Å². The van der Waals surface area contributed by atoms with E-state index >= 15 is 0 Å². The van der Waals surface area contributed by atoms with E-state index in [-0.39, 0.29) is 34.9 Å². The van der Waals surface area contributed by atoms with Gasteiger partial charge in [-0.1, -0.05) is 24.3 Å². The summed E-state index contributed by atoms with van der Waals surface area (Å²) in [6.45, 7) is 0.574. The van der Waals surface area contributed by atoms with Crippen molar-refractivity contribution in [3.8, 4) is 5.75 Å². The molecule has 2 amide bonds. The highest BCUT2D eigenvalue weighted by Gasteiger charge is 2.38. The van der Waals surface area contributed by atoms with E-state index in [2.05, 4.69) is 0 Å². The molecule has 0 atom stereocenters. The first kappa shape index (κ1) is 21.7. The number of rotatable bonds is 7. The Balaban J connectivity index is 1.63. The Bertz CT molecular complexity index is 1220. The molecule has 4 rings (SSSR count). The molecule has 0 unspecified atom stereocenters. The van der Waals surface area contributed by atoms with Crippen LogP contribution in [0.25, 0.3) is 0 Å². The summed E-state index contributed by atoms with van der Waals surface area (Å²) in [5.74, 6) is -3.32. The second kappa shape index (κ2) is 8.89. The average Bonchev–Trinajstić information content (AvgIpc) is 3.19. The molecule has 164 valence electrons. The normalized spacial score (nSPS) is 13.2. The summed E-state index contributed by atoms with van der Waals surface area (Å²) in [4.78, 5) is 37.6. The molecule has 0 bridgehead atoms. The second-order valence-electron chi connectivity index (χ2n) is 7.08. The van der Waals surface area contributed by atoms with Crippen molar-refractivity contribution < 1.29 is 33.4 Å². The summed E-state index contributed by atoms with van der Waals surface area (Å²) in [5, 5.41) is 10.8. The van der Waals surface area contributed by atoms with Crippen molar-refractivity contribution in [2.45, 2.75) is 19.6 Å². The number of imide groups is 1. The maximum atomic E-state index is 14.7. The van der Waals surface area contributed by atoms with Crippen LogP contribution in [-0.2, 0) is 29.2 Å². The molecule has 0 aliphatic carbocycles. The number of halogens is 1. The van der Waals surface area contributed by atoms with Crippen LogP contribution in [0.1, 0.15) is 36.7 Å². The maximum Gasteiger partial charge on any atom is 0.346 e. The zero-order chi connectivity index (χ0) is 22.8. The highest BCUT2D eigenvalue weighted by atomic mass is 32.1. The Labute approximate surface area is 186 Å². The van der Waals surface area contributed by atoms with Crippen molar-refractivity contribution >= 4 is 34.8 Å². The number of methoxy groups -OCH3 is 1. The molecule has 1 aliphatic heterocycles. The van der Waals surface area contributed by atoms with E-state index in [9.17, 15) is 23.9 Å². The Morgan fingerprint density at radius 1 is 1.16 bits per heavy atom. The Kier molecular flexibility index (Phi) is 6.02. The van der Waals surface area contributed by atoms with Crippen molar-refractivity contribution in [2.24, 2.45) is 0 Å². The number of benzene rings is 2. The van der Waals surface area contributed by atoms with Crippen molar-refractivity contribution in [3.63, 3.8) is 0 Å². The zero-order valence-electron chi connectivity index (χ0n) is 17.0. The fourth-order valence-electron chi connectivity index (χ4n) is 3.54. The highest BCUT2D eigenvalue weighted by molar-refractivity contribution is 7.12. The van der Waals surface area contributed by atoms with E-state index in [1.54, 1.807) is 7.11 Å². The summed E-state index contributed by atoms with van der Waals surface area (Å²) in [6, 6.07) is 11.3. The minimum Gasteiger partial charge on any atom is -0.489 e. The Morgan fingerprint density at radius 2 is 1.88 bits per heavy atom. The molecule has 0 saturated heterocycles. The van der Waals surface area contributed by atoms with Crippen molar-refractivity contribution in [1.82, 2.24) is 0 Å². The zero-order valence-corrected chi connectivity index (χ0v) is 17.8. The lowest BCUT2D eigenvalue weighted by Crippen LogP contribution is -2.43. The fourth-order valence-corrected chi connectivity index (χ4v) is 4.43. The minimum atomic E-state index is -1.27. The van der Waals surface area contributed by atoms with Gasteiger partial charge < -0.3 is 14.6 Å². The van der Waals surface area contributed by atoms with Gasteiger partial charge in [-0.25, -0.2) is 14.1 Å². The first-order valence-corrected chi connectivity index (χ1v) is 10.5. The van der Waals surface area contributed by atoms with Crippen LogP contribution in [0.4, 0.5) is 10.1 Å². The van der Waals surface area contributed by atoms with Gasteiger partial charge >= 0.3 is 5.97 Å². The monoisotopic (exact) mass is 455 g/mol. The molecular weight excluding hydrogens is 437 g/mol. The van der Waals surface area contributed by atoms with Gasteiger partial charge in [0, 0.05) is 13.2 Å². The molecule has 1 aromatic heterocycles. The number of carbonyl (C=O) groups excluding carboxylic acids is 2. The van der Waals surface area contributed by atoms with Crippen molar-refractivity contribution in [2.75, 3.05) is 12.0 Å². The molecule has 0 saturated carbocycles. The number of thiophene rings is 1. The predicted molar refractivity (Wildman–Crippen MR) is 115 cm³/mol. The van der Waals surface area contributed by atoms with Crippen molar-refractivity contribution in [3.05, 3.63) is 80.8 Å². The van der Waals surface area contributed by atoms with Gasteiger partial charge in [0.2, 0.25) is 5.91 Å². The van der Waals surface area contributed by atoms with E-state index in [1.165, 1.54) is 17.5 Å². The highest BCUT2D eigenvalue weighted by Crippen LogP contribution is 2.34. The summed E-state index contributed by atoms with van der Waals surface area (Å²) in [6.07, 6.45) is -0.195. The largest absolute Gasteiger partial charge is 0.489 e. The number of aromatic carboxylic acids is 1. The summed E-state index contributed by atoms with van der Waals surface area (Å²) in [7, 11) is 1.59. The predicted octanol–water partition coefficient (Wildman–Crippen LogP) is 4.04. The van der Waals surface area contributed by atoms with Crippen molar-refractivity contribution in [1.29, 1.82) is 0 Å². The third-order valence-electron chi connectivity index (χ3n) is 5.04. The van der Waals surface area contributed by atoms with E-state index in [0.29, 0.717) is 17.1 Å². The van der Waals surface area contributed by atoms with Gasteiger partial charge in [-0.3, -0.25) is 9.59 Å². The van der Waals surface area contributed by atoms with Gasteiger partial charge in [0.1, 0.15) is 23.1 Å². The van der Waals surface area contributed by atoms with Gasteiger partial charge in [0.05, 0.1) is 24.3 Å². The maximum absolute atomic E-state index is 14.7. The number of fused-ring (bicyclic) bond motifs is 1. The number of carboxylic acids is 1. The Morgan fingerprint density at radius 3 is 2.56 bits per heavy atom. The third kappa shape index (κ3) is 4.00. The molecule has 7 nitrogen and oxygen atoms in total. The molecule has 2 aromatic carbocycles. The summed E-state index contributed by atoms with van der Waals surface area (Å²) in [5.41, 5.74) is 1.78. The number of nitrogens with zero attached hydrogens (tertiary/aromatic N) is 1. The molecule has 0 fully saturated rings. The van der Waals surface area contributed by atoms with Crippen LogP contribution in [0.15, 0.2) is 47.8 Å². The SMILES string of the molecule is COCc1ccccc1COc1ccc(F)c(N2C(=O)Cc3csc(C(=O)O)c3C2=O)c1. The van der Waals surface area contributed by atoms with Crippen LogP contribution < -0.4 is 9.64 Å². The van der Waals surface area contributed by atoms with E-state index < -0.39 is 23.6 Å². The molecule has 32 heavy (non-hydrogen) atoms. The van der Waals surface area contributed by atoms with Crippen LogP contribution in [0.2, 0.25) is 0 Å². The standard InChI is InChI=1S/C23H18FNO6S/c1-30-10-13-4-2-3-5-14(13)11-31-16-6-7-17(24)18(9-16)25-19(26)8-15-12-32-21(23(28)29)20(15)22(25)27/h2-7,9,12H,8,10-11H2,1H3,(H,28,29). The second-order valence-corrected chi connectivity index (χ2v) is 7.96. The lowest BCUT2D eigenvalue weighted by Gasteiger charge is -2.26. The fraction of sp³-hybridized carbons (Fsp3) is 0.174. The summed E-state index contributed by atoms with van der Waals surface area (Å²) < 4.78 is 25.6. The molecule has 0 spiro atoms. The first-order valence-electron chi connectivity index (χ1n) is 9.59. The van der Waals surface area contributed by atoms with Crippen LogP contribution in [0, 0.1) is 5.82 Å². The number of carbonyl (C=O) groups is 3. The number of hydrogen-bond donors (Lipinski definition) is 1. The molecule has 1 N–H and O–H groups in total. The Hall–Kier alpha value is -3.56. The lowest BCUT2D eigenvalue weighted by atomic mass is 10.0. The molecular formula is C23H18FNO6S. The molecule has 1 aliphatic rings. The third-order valence-corrected chi connectivity index (χ3v) is 6.06. The van der Waals surface area contributed by atoms with Crippen LogP contribution in [-0.4, -0.2) is 30.0 Å². The number of carboxylic acid groups (broad SMARTS) is 1. The molecule has 2 heterocycles. The number of hydrogen-bond acceptors (Lipinski definition) is 6. The topological polar surface area (TPSA) is 93.1 Å². The van der Waals surface area contributed by atoms with Gasteiger partial charge in [-0.05, 0) is 34.2 Å². The van der Waals surface area contributed by atoms with Gasteiger partial charge in [-0.2, -0.15) is 0 Å². The lowest BCUT2D eigenvalue weighted by molar-refractivity contribution is -0.117. The molecule has 0 radical (unpaired) electrons. The van der Waals surface area contributed by atoms with Gasteiger partial charge in [-0.15, -0.1) is 11.3 Å². The van der Waals surface area contributed by atoms with Crippen LogP contribution >= 0.6 is 11.3 Å². The van der Waals surface area contributed by atoms with E-state index in [0.717, 1.165) is 28.5 Å². The van der Waals surface area contributed by atoms with Gasteiger partial charge in [0.25, 0.3) is 5.91 Å².